The highest BCUT2D eigenvalue weighted by atomic mass is 32.2. The number of carbonyl (C=O) groups excluding carboxylic acids is 1. The van der Waals surface area contributed by atoms with Crippen LogP contribution in [0.1, 0.15) is 42.0 Å². The topological polar surface area (TPSA) is 88.3 Å². The van der Waals surface area contributed by atoms with Crippen molar-refractivity contribution in [1.82, 2.24) is 9.71 Å². The summed E-state index contributed by atoms with van der Waals surface area (Å²) in [6, 6.07) is -0.389. The van der Waals surface area contributed by atoms with Crippen molar-refractivity contribution in [2.75, 3.05) is 6.61 Å². The molecule has 7 heteroatoms. The number of hydrogen-bond donors (Lipinski definition) is 2. The average molecular weight is 312 g/mol. The number of hydrogen-bond acceptors (Lipinski definition) is 4. The fraction of sp³-hybridized carbons (Fsp3) is 0.500. The first-order valence-corrected chi connectivity index (χ1v) is 8.05. The second-order valence-electron chi connectivity index (χ2n) is 4.73. The first-order valence-electron chi connectivity index (χ1n) is 6.56. The van der Waals surface area contributed by atoms with Crippen molar-refractivity contribution in [2.45, 2.75) is 45.1 Å². The number of ether oxygens (including phenoxy) is 1. The molecule has 0 bridgehead atoms. The van der Waals surface area contributed by atoms with E-state index in [1.54, 1.807) is 27.7 Å². The molecule has 1 aromatic heterocycles. The van der Waals surface area contributed by atoms with Gasteiger partial charge in [0.1, 0.15) is 10.6 Å². The van der Waals surface area contributed by atoms with E-state index in [9.17, 15) is 13.2 Å². The predicted octanol–water partition coefficient (Wildman–Crippen LogP) is 1.50. The number of aryl methyl sites for hydroxylation is 1. The van der Waals surface area contributed by atoms with Crippen LogP contribution in [0.25, 0.3) is 0 Å². The molecule has 1 rings (SSSR count). The SMILES string of the molecule is C#CCC(C)NS(=O)(=O)c1c(C)[nH]c(C(=O)OCC)c1C. The van der Waals surface area contributed by atoms with Crippen molar-refractivity contribution in [3.8, 4) is 12.3 Å². The van der Waals surface area contributed by atoms with E-state index in [-0.39, 0.29) is 29.7 Å². The van der Waals surface area contributed by atoms with Crippen LogP contribution < -0.4 is 4.72 Å². The molecule has 1 unspecified atom stereocenters. The van der Waals surface area contributed by atoms with E-state index in [0.717, 1.165) is 0 Å². The van der Waals surface area contributed by atoms with Crippen LogP contribution in [0.2, 0.25) is 0 Å². The minimum atomic E-state index is -3.76. The highest BCUT2D eigenvalue weighted by molar-refractivity contribution is 7.89. The monoisotopic (exact) mass is 312 g/mol. The molecule has 0 amide bonds. The molecule has 0 radical (unpaired) electrons. The standard InChI is InChI=1S/C14H20N2O4S/c1-6-8-9(3)16-21(18,19)13-10(4)12(15-11(13)5)14(17)20-7-2/h1,9,15-16H,7-8H2,2-5H3. The molecule has 1 heterocycles. The number of sulfonamides is 1. The van der Waals surface area contributed by atoms with E-state index >= 15 is 0 Å². The zero-order chi connectivity index (χ0) is 16.2. The number of terminal acetylenes is 1. The number of H-pyrrole nitrogens is 1. The Morgan fingerprint density at radius 3 is 2.62 bits per heavy atom. The lowest BCUT2D eigenvalue weighted by Gasteiger charge is -2.12. The van der Waals surface area contributed by atoms with Crippen LogP contribution in [0.4, 0.5) is 0 Å². The first kappa shape index (κ1) is 17.3. The van der Waals surface area contributed by atoms with Gasteiger partial charge in [0.2, 0.25) is 10.0 Å². The first-order chi connectivity index (χ1) is 9.74. The lowest BCUT2D eigenvalue weighted by Crippen LogP contribution is -2.32. The maximum Gasteiger partial charge on any atom is 0.355 e. The van der Waals surface area contributed by atoms with Gasteiger partial charge in [-0.3, -0.25) is 0 Å². The quantitative estimate of drug-likeness (QED) is 0.615. The molecule has 6 nitrogen and oxygen atoms in total. The van der Waals surface area contributed by atoms with E-state index in [2.05, 4.69) is 15.6 Å². The van der Waals surface area contributed by atoms with Crippen LogP contribution in [0.15, 0.2) is 4.90 Å². The summed E-state index contributed by atoms with van der Waals surface area (Å²) >= 11 is 0. The maximum atomic E-state index is 12.4. The van der Waals surface area contributed by atoms with E-state index in [4.69, 9.17) is 11.2 Å². The summed E-state index contributed by atoms with van der Waals surface area (Å²) in [7, 11) is -3.76. The fourth-order valence-corrected chi connectivity index (χ4v) is 3.78. The minimum Gasteiger partial charge on any atom is -0.461 e. The third-order valence-corrected chi connectivity index (χ3v) is 4.76. The van der Waals surface area contributed by atoms with E-state index < -0.39 is 16.0 Å². The Labute approximate surface area is 125 Å². The number of nitrogens with one attached hydrogen (secondary N) is 2. The molecule has 0 aliphatic heterocycles. The van der Waals surface area contributed by atoms with E-state index in [1.807, 2.05) is 0 Å². The Morgan fingerprint density at radius 2 is 2.10 bits per heavy atom. The molecule has 0 aliphatic rings. The van der Waals surface area contributed by atoms with Crippen LogP contribution in [-0.2, 0) is 14.8 Å². The van der Waals surface area contributed by atoms with Crippen molar-refractivity contribution in [3.63, 3.8) is 0 Å². The van der Waals surface area contributed by atoms with Crippen molar-refractivity contribution in [3.05, 3.63) is 17.0 Å². The van der Waals surface area contributed by atoms with Gasteiger partial charge < -0.3 is 9.72 Å². The van der Waals surface area contributed by atoms with Gasteiger partial charge in [-0.25, -0.2) is 17.9 Å². The third-order valence-electron chi connectivity index (χ3n) is 2.90. The Morgan fingerprint density at radius 1 is 1.48 bits per heavy atom. The largest absolute Gasteiger partial charge is 0.461 e. The number of carbonyl (C=O) groups is 1. The van der Waals surface area contributed by atoms with Crippen molar-refractivity contribution < 1.29 is 17.9 Å². The molecular weight excluding hydrogens is 292 g/mol. The Hall–Kier alpha value is -1.78. The molecule has 1 atom stereocenters. The van der Waals surface area contributed by atoms with Crippen molar-refractivity contribution >= 4 is 16.0 Å². The molecule has 0 spiro atoms. The molecule has 2 N–H and O–H groups in total. The maximum absolute atomic E-state index is 12.4. The van der Waals surface area contributed by atoms with Crippen molar-refractivity contribution in [1.29, 1.82) is 0 Å². The molecule has 0 aliphatic carbocycles. The molecule has 21 heavy (non-hydrogen) atoms. The lowest BCUT2D eigenvalue weighted by molar-refractivity contribution is 0.0519. The van der Waals surface area contributed by atoms with E-state index in [1.165, 1.54) is 0 Å². The van der Waals surface area contributed by atoms with Gasteiger partial charge in [0, 0.05) is 23.7 Å². The summed E-state index contributed by atoms with van der Waals surface area (Å²) < 4.78 is 32.2. The van der Waals surface area contributed by atoms with E-state index in [0.29, 0.717) is 11.3 Å². The van der Waals surface area contributed by atoms with Gasteiger partial charge >= 0.3 is 5.97 Å². The number of aromatic amines is 1. The summed E-state index contributed by atoms with van der Waals surface area (Å²) in [6.45, 7) is 6.74. The zero-order valence-corrected chi connectivity index (χ0v) is 13.4. The molecule has 0 aromatic carbocycles. The van der Waals surface area contributed by atoms with Gasteiger partial charge in [-0.05, 0) is 27.7 Å². The van der Waals surface area contributed by atoms with Gasteiger partial charge in [-0.15, -0.1) is 12.3 Å². The summed E-state index contributed by atoms with van der Waals surface area (Å²) in [5.74, 6) is 1.83. The molecule has 116 valence electrons. The molecular formula is C14H20N2O4S. The summed E-state index contributed by atoms with van der Waals surface area (Å²) in [4.78, 5) is 14.6. The van der Waals surface area contributed by atoms with Gasteiger partial charge in [-0.1, -0.05) is 0 Å². The van der Waals surface area contributed by atoms with Crippen LogP contribution in [-0.4, -0.2) is 32.0 Å². The molecule has 0 fully saturated rings. The van der Waals surface area contributed by atoms with Crippen LogP contribution in [0.5, 0.6) is 0 Å². The second-order valence-corrected chi connectivity index (χ2v) is 6.38. The lowest BCUT2D eigenvalue weighted by atomic mass is 10.2. The molecule has 0 saturated carbocycles. The highest BCUT2D eigenvalue weighted by Crippen LogP contribution is 2.24. The smallest absolute Gasteiger partial charge is 0.355 e. The van der Waals surface area contributed by atoms with Crippen LogP contribution in [0.3, 0.4) is 0 Å². The Balaban J connectivity index is 3.20. The third kappa shape index (κ3) is 3.86. The Kier molecular flexibility index (Phi) is 5.58. The summed E-state index contributed by atoms with van der Waals surface area (Å²) in [5, 5.41) is 0. The second kappa shape index (κ2) is 6.78. The van der Waals surface area contributed by atoms with Gasteiger partial charge in [0.05, 0.1) is 6.61 Å². The van der Waals surface area contributed by atoms with Crippen molar-refractivity contribution in [2.24, 2.45) is 0 Å². The average Bonchev–Trinajstić information content (AvgIpc) is 2.65. The van der Waals surface area contributed by atoms with Crippen LogP contribution >= 0.6 is 0 Å². The number of esters is 1. The van der Waals surface area contributed by atoms with Gasteiger partial charge in [-0.2, -0.15) is 0 Å². The van der Waals surface area contributed by atoms with Gasteiger partial charge in [0.15, 0.2) is 0 Å². The normalized spacial score (nSPS) is 12.7. The highest BCUT2D eigenvalue weighted by Gasteiger charge is 2.27. The summed E-state index contributed by atoms with van der Waals surface area (Å²) in [6.07, 6.45) is 5.46. The zero-order valence-electron chi connectivity index (χ0n) is 12.6. The number of aromatic nitrogens is 1. The fourth-order valence-electron chi connectivity index (χ4n) is 2.09. The summed E-state index contributed by atoms with van der Waals surface area (Å²) in [5.41, 5.74) is 0.877. The Bertz CT molecular complexity index is 668. The molecule has 0 saturated heterocycles. The predicted molar refractivity (Wildman–Crippen MR) is 79.5 cm³/mol. The van der Waals surface area contributed by atoms with Crippen LogP contribution in [0, 0.1) is 26.2 Å². The molecule has 1 aromatic rings. The van der Waals surface area contributed by atoms with Gasteiger partial charge in [0.25, 0.3) is 0 Å². The minimum absolute atomic E-state index is 0.0643. The number of rotatable bonds is 6.